The number of nitrogens with zero attached hydrogens (tertiary/aromatic N) is 2. The number of aryl methyl sites for hydroxylation is 3. The molecule has 1 saturated carbocycles. The minimum atomic E-state index is -0.969. The number of carbonyl (C=O) groups excluding carboxylic acids is 1. The number of carboxylic acids is 1. The molecule has 46 heavy (non-hydrogen) atoms. The molecule has 0 radical (unpaired) electrons. The summed E-state index contributed by atoms with van der Waals surface area (Å²) >= 11 is 0. The van der Waals surface area contributed by atoms with Crippen molar-refractivity contribution in [2.24, 2.45) is 0 Å². The molecule has 1 saturated heterocycles. The van der Waals surface area contributed by atoms with Crippen molar-refractivity contribution in [3.05, 3.63) is 40.1 Å². The normalized spacial score (nSPS) is 22.6. The fourth-order valence-electron chi connectivity index (χ4n) is 6.56. The molecular weight excluding hydrogens is 596 g/mol. The predicted octanol–water partition coefficient (Wildman–Crippen LogP) is 2.90. The number of rotatable bonds is 19. The predicted molar refractivity (Wildman–Crippen MR) is 171 cm³/mol. The van der Waals surface area contributed by atoms with Crippen LogP contribution >= 0.6 is 0 Å². The average molecular weight is 649 g/mol. The molecule has 2 fully saturated rings. The van der Waals surface area contributed by atoms with Gasteiger partial charge in [0.25, 0.3) is 0 Å². The van der Waals surface area contributed by atoms with Crippen molar-refractivity contribution in [1.29, 1.82) is 0 Å². The minimum Gasteiger partial charge on any atom is -0.507 e. The maximum atomic E-state index is 12.9. The summed E-state index contributed by atoms with van der Waals surface area (Å²) in [5.74, 6) is -1.34. The van der Waals surface area contributed by atoms with Crippen LogP contribution in [0.4, 0.5) is 0 Å². The number of aliphatic hydroxyl groups is 1. The fourth-order valence-corrected chi connectivity index (χ4v) is 6.56. The summed E-state index contributed by atoms with van der Waals surface area (Å²) in [5.41, 5.74) is 3.19. The number of piperazine rings is 1. The van der Waals surface area contributed by atoms with Crippen molar-refractivity contribution in [2.75, 3.05) is 98.7 Å². The van der Waals surface area contributed by atoms with E-state index >= 15 is 0 Å². The third kappa shape index (κ3) is 10.5. The van der Waals surface area contributed by atoms with E-state index in [0.29, 0.717) is 84.1 Å². The Labute approximate surface area is 272 Å². The van der Waals surface area contributed by atoms with Gasteiger partial charge in [0.05, 0.1) is 59.0 Å². The fraction of sp³-hybridized carbons (Fsp3) is 0.706. The second-order valence-electron chi connectivity index (χ2n) is 12.4. The molecular formula is C34H52N2O10. The summed E-state index contributed by atoms with van der Waals surface area (Å²) in [7, 11) is 0. The van der Waals surface area contributed by atoms with Crippen LogP contribution in [0.15, 0.2) is 17.9 Å². The first kappa shape index (κ1) is 36.3. The van der Waals surface area contributed by atoms with Gasteiger partial charge < -0.3 is 38.6 Å². The molecule has 2 N–H and O–H groups in total. The quantitative estimate of drug-likeness (QED) is 0.169. The van der Waals surface area contributed by atoms with Gasteiger partial charge in [-0.25, -0.2) is 9.59 Å². The molecule has 1 aromatic rings. The van der Waals surface area contributed by atoms with Crippen molar-refractivity contribution in [1.82, 2.24) is 9.80 Å². The Morgan fingerprint density at radius 3 is 1.87 bits per heavy atom. The van der Waals surface area contributed by atoms with Crippen LogP contribution in [0.5, 0.6) is 0 Å². The van der Waals surface area contributed by atoms with E-state index in [1.807, 2.05) is 32.9 Å². The Morgan fingerprint density at radius 1 is 0.826 bits per heavy atom. The lowest BCUT2D eigenvalue weighted by Gasteiger charge is -2.35. The summed E-state index contributed by atoms with van der Waals surface area (Å²) in [4.78, 5) is 28.1. The van der Waals surface area contributed by atoms with Crippen molar-refractivity contribution >= 4 is 17.5 Å². The van der Waals surface area contributed by atoms with E-state index < -0.39 is 17.5 Å². The molecule has 1 spiro atoms. The molecule has 1 aliphatic carbocycles. The highest BCUT2D eigenvalue weighted by Gasteiger charge is 2.51. The Bertz CT molecular complexity index is 1150. The molecule has 4 rings (SSSR count). The van der Waals surface area contributed by atoms with Crippen LogP contribution in [0.3, 0.4) is 0 Å². The molecule has 3 aliphatic rings. The Kier molecular flexibility index (Phi) is 14.3. The number of ether oxygens (including phenoxy) is 6. The monoisotopic (exact) mass is 648 g/mol. The van der Waals surface area contributed by atoms with E-state index in [9.17, 15) is 14.7 Å². The van der Waals surface area contributed by atoms with E-state index in [4.69, 9.17) is 33.5 Å². The summed E-state index contributed by atoms with van der Waals surface area (Å²) < 4.78 is 33.8. The molecule has 2 aliphatic heterocycles. The van der Waals surface area contributed by atoms with Crippen LogP contribution in [0.25, 0.3) is 5.57 Å². The number of carbonyl (C=O) groups is 2. The van der Waals surface area contributed by atoms with Crippen molar-refractivity contribution < 1.29 is 48.2 Å². The number of aliphatic hydroxyl groups excluding tert-OH is 1. The molecule has 12 heteroatoms. The van der Waals surface area contributed by atoms with Gasteiger partial charge >= 0.3 is 11.9 Å². The Balaban J connectivity index is 0.998. The molecule has 1 aromatic carbocycles. The van der Waals surface area contributed by atoms with Crippen LogP contribution in [0.2, 0.25) is 0 Å². The summed E-state index contributed by atoms with van der Waals surface area (Å²) in [6, 6.07) is 4.05. The highest BCUT2D eigenvalue weighted by molar-refractivity contribution is 6.20. The van der Waals surface area contributed by atoms with E-state index in [0.717, 1.165) is 61.5 Å². The zero-order valence-electron chi connectivity index (χ0n) is 27.7. The van der Waals surface area contributed by atoms with Crippen molar-refractivity contribution in [2.45, 2.75) is 58.2 Å². The zero-order valence-corrected chi connectivity index (χ0v) is 27.7. The molecule has 12 nitrogen and oxygen atoms in total. The smallest absolute Gasteiger partial charge is 0.343 e. The molecule has 2 heterocycles. The summed E-state index contributed by atoms with van der Waals surface area (Å²) in [5, 5.41) is 19.7. The van der Waals surface area contributed by atoms with Gasteiger partial charge in [0.2, 0.25) is 0 Å². The summed E-state index contributed by atoms with van der Waals surface area (Å²) in [6.45, 7) is 15.4. The lowest BCUT2D eigenvalue weighted by Crippen LogP contribution is -2.48. The van der Waals surface area contributed by atoms with E-state index in [2.05, 4.69) is 9.80 Å². The third-order valence-corrected chi connectivity index (χ3v) is 8.95. The Morgan fingerprint density at radius 2 is 1.33 bits per heavy atom. The first-order chi connectivity index (χ1) is 22.2. The lowest BCUT2D eigenvalue weighted by molar-refractivity contribution is -0.152. The SMILES string of the molecule is Cc1cc(C)c(C2=C(O)C3(CCC(OCCOCCOCCN4CCN(CCOCCOCC(=O)O)CC4)CC3)OC2=O)c(C)c1. The van der Waals surface area contributed by atoms with Gasteiger partial charge in [-0.05, 0) is 63.1 Å². The van der Waals surface area contributed by atoms with E-state index in [1.165, 1.54) is 0 Å². The first-order valence-corrected chi connectivity index (χ1v) is 16.5. The number of hydrogen-bond donors (Lipinski definition) is 2. The van der Waals surface area contributed by atoms with E-state index in [1.54, 1.807) is 0 Å². The zero-order chi connectivity index (χ0) is 32.9. The van der Waals surface area contributed by atoms with Crippen molar-refractivity contribution in [3.8, 4) is 0 Å². The van der Waals surface area contributed by atoms with Crippen LogP contribution in [0, 0.1) is 20.8 Å². The maximum absolute atomic E-state index is 12.9. The lowest BCUT2D eigenvalue weighted by atomic mass is 9.80. The number of esters is 1. The van der Waals surface area contributed by atoms with Gasteiger partial charge in [-0.15, -0.1) is 0 Å². The van der Waals surface area contributed by atoms with Gasteiger partial charge in [-0.3, -0.25) is 9.80 Å². The highest BCUT2D eigenvalue weighted by Crippen LogP contribution is 2.46. The molecule has 0 atom stereocenters. The Hall–Kier alpha value is -2.58. The van der Waals surface area contributed by atoms with Crippen molar-refractivity contribution in [3.63, 3.8) is 0 Å². The average Bonchev–Trinajstić information content (AvgIpc) is 3.25. The molecule has 258 valence electrons. The second-order valence-corrected chi connectivity index (χ2v) is 12.4. The number of carboxylic acid groups (broad SMARTS) is 1. The first-order valence-electron chi connectivity index (χ1n) is 16.5. The number of benzene rings is 1. The van der Waals surface area contributed by atoms with Crippen LogP contribution in [0.1, 0.15) is 47.9 Å². The van der Waals surface area contributed by atoms with Gasteiger partial charge in [0.1, 0.15) is 12.2 Å². The van der Waals surface area contributed by atoms with Gasteiger partial charge in [-0.1, -0.05) is 17.7 Å². The van der Waals surface area contributed by atoms with Crippen LogP contribution in [-0.4, -0.2) is 142 Å². The van der Waals surface area contributed by atoms with E-state index in [-0.39, 0.29) is 18.5 Å². The van der Waals surface area contributed by atoms with Crippen LogP contribution in [-0.2, 0) is 38.0 Å². The topological polar surface area (TPSA) is 136 Å². The standard InChI is InChI=1S/C34H52N2O10/c1-25-22-26(2)30(27(3)23-25)31-32(39)34(46-33(31)40)6-4-28(5-7-34)45-21-20-43-17-16-41-14-12-35-8-10-36(11-9-35)13-15-42-18-19-44-24-29(37)38/h22-23,28,39H,4-21,24H2,1-3H3,(H,37,38). The molecule has 0 amide bonds. The molecule has 0 aromatic heterocycles. The third-order valence-electron chi connectivity index (χ3n) is 8.95. The largest absolute Gasteiger partial charge is 0.507 e. The minimum absolute atomic E-state index is 0.0434. The maximum Gasteiger partial charge on any atom is 0.343 e. The molecule has 0 bridgehead atoms. The van der Waals surface area contributed by atoms with Crippen LogP contribution < -0.4 is 0 Å². The van der Waals surface area contributed by atoms with Gasteiger partial charge in [0.15, 0.2) is 11.4 Å². The summed E-state index contributed by atoms with van der Waals surface area (Å²) in [6.07, 6.45) is 2.52. The number of hydrogen-bond acceptors (Lipinski definition) is 11. The number of aliphatic carboxylic acids is 1. The molecule has 0 unspecified atom stereocenters. The second kappa shape index (κ2) is 18.1. The van der Waals surface area contributed by atoms with Gasteiger partial charge in [-0.2, -0.15) is 0 Å². The highest BCUT2D eigenvalue weighted by atomic mass is 16.6. The van der Waals surface area contributed by atoms with Gasteiger partial charge in [0, 0.05) is 39.3 Å².